The molecule has 0 amide bonds. The first kappa shape index (κ1) is 12.0. The minimum atomic E-state index is -0.394. The highest BCUT2D eigenvalue weighted by atomic mass is 16.6. The molecule has 0 aliphatic rings. The van der Waals surface area contributed by atoms with Gasteiger partial charge >= 0.3 is 0 Å². The Morgan fingerprint density at radius 3 is 2.61 bits per heavy atom. The van der Waals surface area contributed by atoms with Crippen LogP contribution in [0.15, 0.2) is 18.2 Å². The fourth-order valence-electron chi connectivity index (χ4n) is 1.80. The lowest BCUT2D eigenvalue weighted by molar-refractivity contribution is -0.385. The predicted molar refractivity (Wildman–Crippen MR) is 67.4 cm³/mol. The summed E-state index contributed by atoms with van der Waals surface area (Å²) in [5, 5.41) is 21.7. The second-order valence-electron chi connectivity index (χ2n) is 3.91. The molecule has 1 N–H and O–H groups in total. The van der Waals surface area contributed by atoms with Gasteiger partial charge < -0.3 is 5.32 Å². The highest BCUT2D eigenvalue weighted by Crippen LogP contribution is 2.25. The summed E-state index contributed by atoms with van der Waals surface area (Å²) in [6, 6.07) is 4.90. The van der Waals surface area contributed by atoms with Gasteiger partial charge in [0.05, 0.1) is 4.92 Å². The normalized spacial score (nSPS) is 10.4. The van der Waals surface area contributed by atoms with Gasteiger partial charge in [0.25, 0.3) is 5.69 Å². The Morgan fingerprint density at radius 1 is 1.39 bits per heavy atom. The Balaban J connectivity index is 2.49. The second kappa shape index (κ2) is 4.44. The summed E-state index contributed by atoms with van der Waals surface area (Å²) in [4.78, 5) is 10.4. The average molecular weight is 247 g/mol. The van der Waals surface area contributed by atoms with E-state index in [0.717, 1.165) is 5.56 Å². The highest BCUT2D eigenvalue weighted by Gasteiger charge is 2.14. The maximum absolute atomic E-state index is 10.7. The van der Waals surface area contributed by atoms with Gasteiger partial charge in [0.1, 0.15) is 0 Å². The number of hydrogen-bond acceptors (Lipinski definition) is 5. The molecule has 0 aliphatic heterocycles. The first-order valence-corrected chi connectivity index (χ1v) is 5.37. The summed E-state index contributed by atoms with van der Waals surface area (Å²) in [5.74, 6) is 1.30. The van der Waals surface area contributed by atoms with Gasteiger partial charge in [-0.05, 0) is 19.1 Å². The third-order valence-corrected chi connectivity index (χ3v) is 2.75. The van der Waals surface area contributed by atoms with Gasteiger partial charge in [-0.3, -0.25) is 14.7 Å². The summed E-state index contributed by atoms with van der Waals surface area (Å²) in [6.45, 7) is 1.71. The predicted octanol–water partition coefficient (Wildman–Crippen LogP) is 1.74. The van der Waals surface area contributed by atoms with Gasteiger partial charge in [-0.2, -0.15) is 0 Å². The van der Waals surface area contributed by atoms with Crippen LogP contribution < -0.4 is 5.32 Å². The lowest BCUT2D eigenvalue weighted by Crippen LogP contribution is -2.00. The fraction of sp³-hybridized carbons (Fsp3) is 0.273. The summed E-state index contributed by atoms with van der Waals surface area (Å²) >= 11 is 0. The molecular formula is C11H13N5O2. The van der Waals surface area contributed by atoms with Gasteiger partial charge in [0, 0.05) is 31.3 Å². The topological polar surface area (TPSA) is 85.9 Å². The Labute approximate surface area is 104 Å². The van der Waals surface area contributed by atoms with Crippen molar-refractivity contribution in [2.75, 3.05) is 12.4 Å². The van der Waals surface area contributed by atoms with Crippen molar-refractivity contribution < 1.29 is 4.92 Å². The molecule has 0 fully saturated rings. The van der Waals surface area contributed by atoms with Crippen LogP contribution >= 0.6 is 0 Å². The van der Waals surface area contributed by atoms with E-state index in [1.165, 1.54) is 6.07 Å². The van der Waals surface area contributed by atoms with Crippen molar-refractivity contribution in [3.8, 4) is 11.4 Å². The van der Waals surface area contributed by atoms with Crippen molar-refractivity contribution in [1.29, 1.82) is 0 Å². The molecule has 1 aromatic carbocycles. The standard InChI is InChI=1S/C11H13N5O2/c1-7-6-8(4-5-9(7)16(17)18)10-13-14-11(12-2)15(10)3/h4-6H,1-3H3,(H,12,14). The van der Waals surface area contributed by atoms with Crippen LogP contribution in [0, 0.1) is 17.0 Å². The number of rotatable bonds is 3. The lowest BCUT2D eigenvalue weighted by atomic mass is 10.1. The maximum atomic E-state index is 10.7. The molecule has 0 saturated heterocycles. The van der Waals surface area contributed by atoms with Crippen LogP contribution in [0.2, 0.25) is 0 Å². The second-order valence-corrected chi connectivity index (χ2v) is 3.91. The van der Waals surface area contributed by atoms with E-state index in [2.05, 4.69) is 15.5 Å². The molecule has 0 atom stereocenters. The van der Waals surface area contributed by atoms with Crippen LogP contribution in [0.1, 0.15) is 5.56 Å². The van der Waals surface area contributed by atoms with Crippen LogP contribution in [-0.2, 0) is 7.05 Å². The number of benzene rings is 1. The zero-order valence-corrected chi connectivity index (χ0v) is 10.3. The smallest absolute Gasteiger partial charge is 0.272 e. The quantitative estimate of drug-likeness (QED) is 0.659. The van der Waals surface area contributed by atoms with Gasteiger partial charge in [-0.1, -0.05) is 0 Å². The van der Waals surface area contributed by atoms with Crippen LogP contribution in [-0.4, -0.2) is 26.7 Å². The van der Waals surface area contributed by atoms with Crippen molar-refractivity contribution in [2.24, 2.45) is 7.05 Å². The molecular weight excluding hydrogens is 234 g/mol. The van der Waals surface area contributed by atoms with Crippen molar-refractivity contribution >= 4 is 11.6 Å². The van der Waals surface area contributed by atoms with E-state index < -0.39 is 4.92 Å². The molecule has 1 aromatic heterocycles. The summed E-state index contributed by atoms with van der Waals surface area (Å²) in [6.07, 6.45) is 0. The van der Waals surface area contributed by atoms with E-state index in [1.54, 1.807) is 30.7 Å². The molecule has 7 nitrogen and oxygen atoms in total. The van der Waals surface area contributed by atoms with Crippen molar-refractivity contribution in [2.45, 2.75) is 6.92 Å². The molecule has 1 heterocycles. The minimum absolute atomic E-state index is 0.106. The largest absolute Gasteiger partial charge is 0.357 e. The van der Waals surface area contributed by atoms with E-state index in [9.17, 15) is 10.1 Å². The molecule has 7 heteroatoms. The third kappa shape index (κ3) is 1.90. The van der Waals surface area contributed by atoms with E-state index in [0.29, 0.717) is 17.3 Å². The Morgan fingerprint density at radius 2 is 2.11 bits per heavy atom. The SMILES string of the molecule is CNc1nnc(-c2ccc([N+](=O)[O-])c(C)c2)n1C. The fourth-order valence-corrected chi connectivity index (χ4v) is 1.80. The number of anilines is 1. The van der Waals surface area contributed by atoms with Crippen molar-refractivity contribution in [1.82, 2.24) is 14.8 Å². The number of nitrogens with one attached hydrogen (secondary N) is 1. The molecule has 0 unspecified atom stereocenters. The Hall–Kier alpha value is -2.44. The Kier molecular flexibility index (Phi) is 2.97. The van der Waals surface area contributed by atoms with E-state index >= 15 is 0 Å². The zero-order valence-electron chi connectivity index (χ0n) is 10.3. The Bertz CT molecular complexity index is 605. The molecule has 94 valence electrons. The monoisotopic (exact) mass is 247 g/mol. The number of aryl methyl sites for hydroxylation is 1. The molecule has 2 aromatic rings. The summed E-state index contributed by atoms with van der Waals surface area (Å²) in [7, 11) is 3.59. The molecule has 0 bridgehead atoms. The van der Waals surface area contributed by atoms with Crippen LogP contribution in [0.4, 0.5) is 11.6 Å². The summed E-state index contributed by atoms with van der Waals surface area (Å²) < 4.78 is 1.79. The third-order valence-electron chi connectivity index (χ3n) is 2.75. The van der Waals surface area contributed by atoms with Gasteiger partial charge in [-0.25, -0.2) is 0 Å². The minimum Gasteiger partial charge on any atom is -0.357 e. The number of nitrogens with zero attached hydrogens (tertiary/aromatic N) is 4. The summed E-state index contributed by atoms with van der Waals surface area (Å²) in [5.41, 5.74) is 1.51. The van der Waals surface area contributed by atoms with Gasteiger partial charge in [0.15, 0.2) is 5.82 Å². The molecule has 0 saturated carbocycles. The van der Waals surface area contributed by atoms with Crippen molar-refractivity contribution in [3.05, 3.63) is 33.9 Å². The van der Waals surface area contributed by atoms with Crippen molar-refractivity contribution in [3.63, 3.8) is 0 Å². The molecule has 0 radical (unpaired) electrons. The zero-order chi connectivity index (χ0) is 13.3. The number of nitro benzene ring substituents is 1. The first-order chi connectivity index (χ1) is 8.54. The molecule has 0 aliphatic carbocycles. The van der Waals surface area contributed by atoms with Gasteiger partial charge in [-0.15, -0.1) is 10.2 Å². The van der Waals surface area contributed by atoms with Crippen LogP contribution in [0.3, 0.4) is 0 Å². The van der Waals surface area contributed by atoms with Crippen LogP contribution in [0.25, 0.3) is 11.4 Å². The van der Waals surface area contributed by atoms with E-state index in [1.807, 2.05) is 7.05 Å². The lowest BCUT2D eigenvalue weighted by Gasteiger charge is -2.04. The van der Waals surface area contributed by atoms with Gasteiger partial charge in [0.2, 0.25) is 5.95 Å². The first-order valence-electron chi connectivity index (χ1n) is 5.37. The number of hydrogen-bond donors (Lipinski definition) is 1. The van der Waals surface area contributed by atoms with Crippen LogP contribution in [0.5, 0.6) is 0 Å². The highest BCUT2D eigenvalue weighted by molar-refractivity contribution is 5.61. The van der Waals surface area contributed by atoms with E-state index in [-0.39, 0.29) is 5.69 Å². The molecule has 0 spiro atoms. The maximum Gasteiger partial charge on any atom is 0.272 e. The number of nitro groups is 1. The average Bonchev–Trinajstić information content (AvgIpc) is 2.69. The number of aromatic nitrogens is 3. The molecule has 18 heavy (non-hydrogen) atoms. The van der Waals surface area contributed by atoms with E-state index in [4.69, 9.17) is 0 Å². The molecule has 2 rings (SSSR count).